The highest BCUT2D eigenvalue weighted by molar-refractivity contribution is 4.85. The van der Waals surface area contributed by atoms with Gasteiger partial charge in [-0.1, -0.05) is 20.3 Å². The SMILES string of the molecule is CC1CCC(C(N)C(F)(F)F)CC1C. The quantitative estimate of drug-likeness (QED) is 0.706. The third-order valence-electron chi connectivity index (χ3n) is 3.52. The smallest absolute Gasteiger partial charge is 0.320 e. The van der Waals surface area contributed by atoms with Crippen LogP contribution in [0.3, 0.4) is 0 Å². The first kappa shape index (κ1) is 11.8. The zero-order valence-electron chi connectivity index (χ0n) is 8.64. The van der Waals surface area contributed by atoms with Gasteiger partial charge in [0.25, 0.3) is 0 Å². The van der Waals surface area contributed by atoms with Gasteiger partial charge in [-0.2, -0.15) is 13.2 Å². The number of nitrogens with two attached hydrogens (primary N) is 1. The third-order valence-corrected chi connectivity index (χ3v) is 3.52. The Morgan fingerprint density at radius 2 is 1.71 bits per heavy atom. The van der Waals surface area contributed by atoms with Crippen molar-refractivity contribution in [1.82, 2.24) is 0 Å². The van der Waals surface area contributed by atoms with Crippen LogP contribution in [-0.2, 0) is 0 Å². The predicted molar refractivity (Wildman–Crippen MR) is 49.7 cm³/mol. The minimum absolute atomic E-state index is 0.363. The van der Waals surface area contributed by atoms with E-state index in [1.807, 2.05) is 6.92 Å². The van der Waals surface area contributed by atoms with Crippen LogP contribution in [0.25, 0.3) is 0 Å². The monoisotopic (exact) mass is 209 g/mol. The fourth-order valence-corrected chi connectivity index (χ4v) is 2.18. The molecule has 4 heteroatoms. The average Bonchev–Trinajstić information content (AvgIpc) is 2.07. The molecule has 0 aromatic rings. The van der Waals surface area contributed by atoms with Crippen molar-refractivity contribution in [2.24, 2.45) is 23.5 Å². The van der Waals surface area contributed by atoms with E-state index in [-0.39, 0.29) is 5.92 Å². The van der Waals surface area contributed by atoms with E-state index < -0.39 is 12.2 Å². The standard InChI is InChI=1S/C10H18F3N/c1-6-3-4-8(5-7(6)2)9(14)10(11,12)13/h6-9H,3-5,14H2,1-2H3. The van der Waals surface area contributed by atoms with Crippen molar-refractivity contribution in [2.45, 2.75) is 45.3 Å². The molecular weight excluding hydrogens is 191 g/mol. The summed E-state index contributed by atoms with van der Waals surface area (Å²) in [5.74, 6) is 0.523. The highest BCUT2D eigenvalue weighted by Crippen LogP contribution is 2.38. The second kappa shape index (κ2) is 4.09. The molecule has 1 nitrogen and oxygen atoms in total. The van der Waals surface area contributed by atoms with Crippen LogP contribution in [0.5, 0.6) is 0 Å². The summed E-state index contributed by atoms with van der Waals surface area (Å²) < 4.78 is 37.0. The fraction of sp³-hybridized carbons (Fsp3) is 1.00. The number of halogens is 3. The first-order valence-electron chi connectivity index (χ1n) is 5.14. The van der Waals surface area contributed by atoms with Crippen LogP contribution in [0.4, 0.5) is 13.2 Å². The normalized spacial score (nSPS) is 36.9. The second-order valence-corrected chi connectivity index (χ2v) is 4.60. The molecule has 1 aliphatic carbocycles. The Morgan fingerprint density at radius 1 is 1.14 bits per heavy atom. The summed E-state index contributed by atoms with van der Waals surface area (Å²) in [4.78, 5) is 0. The lowest BCUT2D eigenvalue weighted by Crippen LogP contribution is -2.45. The zero-order valence-corrected chi connectivity index (χ0v) is 8.64. The Morgan fingerprint density at radius 3 is 2.14 bits per heavy atom. The van der Waals surface area contributed by atoms with E-state index in [1.54, 1.807) is 0 Å². The minimum atomic E-state index is -4.23. The first-order chi connectivity index (χ1) is 6.32. The molecule has 0 bridgehead atoms. The van der Waals surface area contributed by atoms with Gasteiger partial charge in [0, 0.05) is 0 Å². The molecule has 14 heavy (non-hydrogen) atoms. The molecule has 0 aromatic heterocycles. The molecule has 1 rings (SSSR count). The van der Waals surface area contributed by atoms with Crippen LogP contribution in [0, 0.1) is 17.8 Å². The van der Waals surface area contributed by atoms with Gasteiger partial charge in [0.1, 0.15) is 6.04 Å². The number of hydrogen-bond acceptors (Lipinski definition) is 1. The topological polar surface area (TPSA) is 26.0 Å². The lowest BCUT2D eigenvalue weighted by atomic mass is 9.73. The Kier molecular flexibility index (Phi) is 3.45. The van der Waals surface area contributed by atoms with E-state index in [2.05, 4.69) is 6.92 Å². The molecule has 0 heterocycles. The summed E-state index contributed by atoms with van der Waals surface area (Å²) in [7, 11) is 0. The molecule has 0 amide bonds. The first-order valence-corrected chi connectivity index (χ1v) is 5.14. The van der Waals surface area contributed by atoms with Gasteiger partial charge >= 0.3 is 6.18 Å². The van der Waals surface area contributed by atoms with E-state index in [9.17, 15) is 13.2 Å². The van der Waals surface area contributed by atoms with Crippen LogP contribution in [0.2, 0.25) is 0 Å². The van der Waals surface area contributed by atoms with Gasteiger partial charge < -0.3 is 5.73 Å². The van der Waals surface area contributed by atoms with Gasteiger partial charge in [-0.25, -0.2) is 0 Å². The van der Waals surface area contributed by atoms with Gasteiger partial charge in [0.15, 0.2) is 0 Å². The lowest BCUT2D eigenvalue weighted by Gasteiger charge is -2.35. The summed E-state index contributed by atoms with van der Waals surface area (Å²) >= 11 is 0. The lowest BCUT2D eigenvalue weighted by molar-refractivity contribution is -0.163. The fourth-order valence-electron chi connectivity index (χ4n) is 2.18. The third kappa shape index (κ3) is 2.62. The summed E-state index contributed by atoms with van der Waals surface area (Å²) in [6.07, 6.45) is -2.13. The Bertz CT molecular complexity index is 190. The summed E-state index contributed by atoms with van der Waals surface area (Å²) in [5, 5.41) is 0. The van der Waals surface area contributed by atoms with Gasteiger partial charge in [0.05, 0.1) is 0 Å². The minimum Gasteiger partial charge on any atom is -0.320 e. The molecule has 0 saturated heterocycles. The second-order valence-electron chi connectivity index (χ2n) is 4.60. The average molecular weight is 209 g/mol. The van der Waals surface area contributed by atoms with E-state index in [1.165, 1.54) is 0 Å². The van der Waals surface area contributed by atoms with Crippen molar-refractivity contribution >= 4 is 0 Å². The van der Waals surface area contributed by atoms with Crippen molar-refractivity contribution < 1.29 is 13.2 Å². The van der Waals surface area contributed by atoms with Crippen LogP contribution < -0.4 is 5.73 Å². The van der Waals surface area contributed by atoms with Crippen molar-refractivity contribution in [1.29, 1.82) is 0 Å². The molecule has 4 atom stereocenters. The molecule has 84 valence electrons. The zero-order chi connectivity index (χ0) is 10.9. The van der Waals surface area contributed by atoms with Crippen molar-refractivity contribution in [2.75, 3.05) is 0 Å². The van der Waals surface area contributed by atoms with E-state index in [0.29, 0.717) is 24.7 Å². The van der Waals surface area contributed by atoms with Gasteiger partial charge in [-0.05, 0) is 30.6 Å². The Labute approximate surface area is 82.9 Å². The van der Waals surface area contributed by atoms with Crippen molar-refractivity contribution in [3.63, 3.8) is 0 Å². The molecule has 0 aromatic carbocycles. The van der Waals surface area contributed by atoms with Crippen LogP contribution in [0.1, 0.15) is 33.1 Å². The van der Waals surface area contributed by atoms with Crippen LogP contribution in [-0.4, -0.2) is 12.2 Å². The predicted octanol–water partition coefficient (Wildman–Crippen LogP) is 2.95. The van der Waals surface area contributed by atoms with E-state index in [0.717, 1.165) is 6.42 Å². The van der Waals surface area contributed by atoms with Gasteiger partial charge in [0.2, 0.25) is 0 Å². The molecule has 0 spiro atoms. The molecule has 2 N–H and O–H groups in total. The number of rotatable bonds is 1. The molecule has 1 aliphatic rings. The maximum atomic E-state index is 12.3. The Balaban J connectivity index is 2.55. The van der Waals surface area contributed by atoms with E-state index in [4.69, 9.17) is 5.73 Å². The molecule has 0 aliphatic heterocycles. The van der Waals surface area contributed by atoms with Gasteiger partial charge in [-0.15, -0.1) is 0 Å². The van der Waals surface area contributed by atoms with Crippen LogP contribution >= 0.6 is 0 Å². The van der Waals surface area contributed by atoms with Gasteiger partial charge in [-0.3, -0.25) is 0 Å². The van der Waals surface area contributed by atoms with E-state index >= 15 is 0 Å². The molecule has 4 unspecified atom stereocenters. The van der Waals surface area contributed by atoms with Crippen LogP contribution in [0.15, 0.2) is 0 Å². The maximum Gasteiger partial charge on any atom is 0.403 e. The van der Waals surface area contributed by atoms with Crippen molar-refractivity contribution in [3.05, 3.63) is 0 Å². The largest absolute Gasteiger partial charge is 0.403 e. The summed E-state index contributed by atoms with van der Waals surface area (Å²) in [6, 6.07) is -1.63. The maximum absolute atomic E-state index is 12.3. The number of hydrogen-bond donors (Lipinski definition) is 1. The number of alkyl halides is 3. The molecule has 0 radical (unpaired) electrons. The highest BCUT2D eigenvalue weighted by Gasteiger charge is 2.43. The molecule has 1 fully saturated rings. The van der Waals surface area contributed by atoms with Crippen molar-refractivity contribution in [3.8, 4) is 0 Å². The molecule has 1 saturated carbocycles. The summed E-state index contributed by atoms with van der Waals surface area (Å²) in [6.45, 7) is 4.11. The highest BCUT2D eigenvalue weighted by atomic mass is 19.4. The Hall–Kier alpha value is -0.250. The summed E-state index contributed by atoms with van der Waals surface area (Å²) in [5.41, 5.74) is 5.21. The molecular formula is C10H18F3N.